The molecule has 2 aliphatic heterocycles. The third kappa shape index (κ3) is 4.05. The van der Waals surface area contributed by atoms with Crippen LogP contribution in [0.15, 0.2) is 42.5 Å². The maximum absolute atomic E-state index is 12.8. The Balaban J connectivity index is 1.50. The van der Waals surface area contributed by atoms with Gasteiger partial charge in [-0.1, -0.05) is 23.7 Å². The summed E-state index contributed by atoms with van der Waals surface area (Å²) in [6, 6.07) is 13.8. The quantitative estimate of drug-likeness (QED) is 0.579. The number of nitrogens with zero attached hydrogens (tertiary/aromatic N) is 1. The molecule has 0 aliphatic carbocycles. The van der Waals surface area contributed by atoms with E-state index in [4.69, 9.17) is 21.1 Å². The van der Waals surface area contributed by atoms with Crippen LogP contribution in [0.1, 0.15) is 42.6 Å². The van der Waals surface area contributed by atoms with Crippen molar-refractivity contribution in [3.8, 4) is 5.75 Å². The van der Waals surface area contributed by atoms with E-state index in [2.05, 4.69) is 22.4 Å². The Morgan fingerprint density at radius 3 is 2.69 bits per heavy atom. The Morgan fingerprint density at radius 1 is 1.16 bits per heavy atom. The van der Waals surface area contributed by atoms with Crippen LogP contribution in [0.5, 0.6) is 5.75 Å². The molecule has 0 radical (unpaired) electrons. The summed E-state index contributed by atoms with van der Waals surface area (Å²) in [7, 11) is 0. The van der Waals surface area contributed by atoms with Gasteiger partial charge in [-0.2, -0.15) is 0 Å². The number of H-pyrrole nitrogens is 1. The van der Waals surface area contributed by atoms with E-state index in [1.165, 1.54) is 5.56 Å². The normalized spacial score (nSPS) is 19.1. The second kappa shape index (κ2) is 9.04. The number of aromatic amines is 1. The highest BCUT2D eigenvalue weighted by atomic mass is 35.5. The highest BCUT2D eigenvalue weighted by Crippen LogP contribution is 2.39. The molecule has 0 unspecified atom stereocenters. The van der Waals surface area contributed by atoms with E-state index in [0.29, 0.717) is 18.2 Å². The van der Waals surface area contributed by atoms with Crippen molar-refractivity contribution < 1.29 is 14.3 Å². The fourth-order valence-corrected chi connectivity index (χ4v) is 5.02. The Kier molecular flexibility index (Phi) is 5.98. The molecule has 3 aromatic rings. The van der Waals surface area contributed by atoms with E-state index in [1.807, 2.05) is 42.2 Å². The minimum absolute atomic E-state index is 0.248. The number of halogens is 1. The fourth-order valence-electron chi connectivity index (χ4n) is 4.84. The predicted octanol–water partition coefficient (Wildman–Crippen LogP) is 5.06. The standard InChI is InChI=1S/C25H28ClN3O3/c1-2-31-25(30)29-14-11-20-21-15-17(26)5-8-22(21)28-23(20)24(29)16-3-6-18(7-4-16)32-19-9-12-27-13-10-19/h3-8,15,19,24,27-28H,2,9-14H2,1H3/t24-/m0/s1. The largest absolute Gasteiger partial charge is 0.490 e. The average molecular weight is 454 g/mol. The van der Waals surface area contributed by atoms with Crippen LogP contribution in [0, 0.1) is 0 Å². The van der Waals surface area contributed by atoms with Crippen LogP contribution in [-0.4, -0.2) is 48.3 Å². The molecule has 1 aromatic heterocycles. The lowest BCUT2D eigenvalue weighted by Crippen LogP contribution is -2.41. The van der Waals surface area contributed by atoms with Crippen molar-refractivity contribution in [2.75, 3.05) is 26.2 Å². The predicted molar refractivity (Wildman–Crippen MR) is 126 cm³/mol. The minimum atomic E-state index is -0.296. The summed E-state index contributed by atoms with van der Waals surface area (Å²) in [5.74, 6) is 0.864. The van der Waals surface area contributed by atoms with Crippen LogP contribution in [-0.2, 0) is 11.2 Å². The maximum atomic E-state index is 12.8. The molecule has 2 N–H and O–H groups in total. The molecule has 1 atom stereocenters. The van der Waals surface area contributed by atoms with Crippen LogP contribution in [0.2, 0.25) is 5.02 Å². The molecule has 2 aliphatic rings. The number of carbonyl (C=O) groups is 1. The Bertz CT molecular complexity index is 1110. The zero-order valence-corrected chi connectivity index (χ0v) is 19.0. The van der Waals surface area contributed by atoms with Gasteiger partial charge in [0, 0.05) is 28.2 Å². The van der Waals surface area contributed by atoms with Gasteiger partial charge in [0.2, 0.25) is 0 Å². The fraction of sp³-hybridized carbons (Fsp3) is 0.400. The number of hydrogen-bond donors (Lipinski definition) is 2. The highest BCUT2D eigenvalue weighted by Gasteiger charge is 2.35. The SMILES string of the molecule is CCOC(=O)N1CCc2c([nH]c3ccc(Cl)cc23)[C@@H]1c1ccc(OC2CCNCC2)cc1. The molecule has 1 saturated heterocycles. The third-order valence-electron chi connectivity index (χ3n) is 6.38. The first-order chi connectivity index (χ1) is 15.6. The van der Waals surface area contributed by atoms with Gasteiger partial charge in [0.05, 0.1) is 6.61 Å². The lowest BCUT2D eigenvalue weighted by Gasteiger charge is -2.35. The number of aromatic nitrogens is 1. The van der Waals surface area contributed by atoms with E-state index in [0.717, 1.165) is 60.3 Å². The number of ether oxygens (including phenoxy) is 2. The molecule has 7 heteroatoms. The summed E-state index contributed by atoms with van der Waals surface area (Å²) in [5.41, 5.74) is 4.28. The van der Waals surface area contributed by atoms with Gasteiger partial charge in [-0.25, -0.2) is 4.79 Å². The lowest BCUT2D eigenvalue weighted by molar-refractivity contribution is 0.0932. The van der Waals surface area contributed by atoms with Gasteiger partial charge in [-0.3, -0.25) is 4.90 Å². The van der Waals surface area contributed by atoms with E-state index < -0.39 is 0 Å². The number of amides is 1. The number of carbonyl (C=O) groups excluding carboxylic acids is 1. The number of nitrogens with one attached hydrogen (secondary N) is 2. The van der Waals surface area contributed by atoms with Crippen molar-refractivity contribution in [3.05, 3.63) is 64.3 Å². The van der Waals surface area contributed by atoms with Gasteiger partial charge in [-0.15, -0.1) is 0 Å². The molecule has 168 valence electrons. The van der Waals surface area contributed by atoms with Crippen molar-refractivity contribution in [1.82, 2.24) is 15.2 Å². The summed E-state index contributed by atoms with van der Waals surface area (Å²) in [4.78, 5) is 18.2. The number of hydrogen-bond acceptors (Lipinski definition) is 4. The molecule has 1 amide bonds. The van der Waals surface area contributed by atoms with Crippen LogP contribution in [0.4, 0.5) is 4.79 Å². The van der Waals surface area contributed by atoms with Crippen molar-refractivity contribution in [3.63, 3.8) is 0 Å². The van der Waals surface area contributed by atoms with Crippen LogP contribution in [0.3, 0.4) is 0 Å². The molecule has 2 aromatic carbocycles. The average Bonchev–Trinajstić information content (AvgIpc) is 3.18. The first-order valence-corrected chi connectivity index (χ1v) is 11.7. The Hall–Kier alpha value is -2.70. The zero-order chi connectivity index (χ0) is 22.1. The van der Waals surface area contributed by atoms with Crippen molar-refractivity contribution >= 4 is 28.6 Å². The molecule has 0 saturated carbocycles. The van der Waals surface area contributed by atoms with Gasteiger partial charge >= 0.3 is 6.09 Å². The molecular weight excluding hydrogens is 426 g/mol. The molecule has 0 bridgehead atoms. The van der Waals surface area contributed by atoms with Gasteiger partial charge in [0.1, 0.15) is 17.9 Å². The summed E-state index contributed by atoms with van der Waals surface area (Å²) in [6.45, 7) is 4.75. The second-order valence-corrected chi connectivity index (χ2v) is 8.82. The summed E-state index contributed by atoms with van der Waals surface area (Å²) >= 11 is 6.27. The molecule has 1 fully saturated rings. The molecular formula is C25H28ClN3O3. The first kappa shape index (κ1) is 21.2. The van der Waals surface area contributed by atoms with Gasteiger partial charge in [-0.05, 0) is 80.7 Å². The molecule has 5 rings (SSSR count). The molecule has 3 heterocycles. The number of piperidine rings is 1. The van der Waals surface area contributed by atoms with Gasteiger partial charge in [0.25, 0.3) is 0 Å². The van der Waals surface area contributed by atoms with Crippen molar-refractivity contribution in [2.45, 2.75) is 38.3 Å². The van der Waals surface area contributed by atoms with E-state index >= 15 is 0 Å². The lowest BCUT2D eigenvalue weighted by atomic mass is 9.92. The van der Waals surface area contributed by atoms with Gasteiger partial charge < -0.3 is 19.8 Å². The monoisotopic (exact) mass is 453 g/mol. The van der Waals surface area contributed by atoms with E-state index in [1.54, 1.807) is 0 Å². The summed E-state index contributed by atoms with van der Waals surface area (Å²) in [6.07, 6.45) is 2.74. The first-order valence-electron chi connectivity index (χ1n) is 11.3. The molecule has 0 spiro atoms. The maximum Gasteiger partial charge on any atom is 0.410 e. The number of benzene rings is 2. The van der Waals surface area contributed by atoms with E-state index in [9.17, 15) is 4.79 Å². The van der Waals surface area contributed by atoms with E-state index in [-0.39, 0.29) is 18.2 Å². The zero-order valence-electron chi connectivity index (χ0n) is 18.2. The highest BCUT2D eigenvalue weighted by molar-refractivity contribution is 6.31. The minimum Gasteiger partial charge on any atom is -0.490 e. The third-order valence-corrected chi connectivity index (χ3v) is 6.61. The summed E-state index contributed by atoms with van der Waals surface area (Å²) < 4.78 is 11.6. The Morgan fingerprint density at radius 2 is 1.94 bits per heavy atom. The number of fused-ring (bicyclic) bond motifs is 3. The van der Waals surface area contributed by atoms with Crippen molar-refractivity contribution in [1.29, 1.82) is 0 Å². The second-order valence-electron chi connectivity index (χ2n) is 8.39. The molecule has 32 heavy (non-hydrogen) atoms. The van der Waals surface area contributed by atoms with Crippen molar-refractivity contribution in [2.24, 2.45) is 0 Å². The van der Waals surface area contributed by atoms with Gasteiger partial charge in [0.15, 0.2) is 0 Å². The van der Waals surface area contributed by atoms with Crippen LogP contribution in [0.25, 0.3) is 10.9 Å². The van der Waals surface area contributed by atoms with Crippen LogP contribution >= 0.6 is 11.6 Å². The topological polar surface area (TPSA) is 66.6 Å². The van der Waals surface area contributed by atoms with Crippen LogP contribution < -0.4 is 10.1 Å². The molecule has 6 nitrogen and oxygen atoms in total. The Labute approximate surface area is 192 Å². The smallest absolute Gasteiger partial charge is 0.410 e. The number of rotatable bonds is 4. The summed E-state index contributed by atoms with van der Waals surface area (Å²) in [5, 5.41) is 5.19.